The predicted octanol–water partition coefficient (Wildman–Crippen LogP) is -3.56. The van der Waals surface area contributed by atoms with E-state index in [1.165, 1.54) is 0 Å². The van der Waals surface area contributed by atoms with Gasteiger partial charge in [-0.3, -0.25) is 23.4 Å². The Morgan fingerprint density at radius 1 is 1.05 bits per heavy atom. The Morgan fingerprint density at radius 2 is 1.69 bits per heavy atom. The first-order chi connectivity index (χ1) is 18.0. The molecule has 39 heavy (non-hydrogen) atoms. The number of aliphatic hydroxyl groups excluding tert-OH is 5. The Morgan fingerprint density at radius 3 is 2.26 bits per heavy atom. The molecule has 0 aliphatic carbocycles. The number of carbonyl (C=O) groups excluding carboxylic acids is 1. The SMILES string of the molecule is CC(=O)C[C@H]1[C@@H](OP(=O)(OC[C@H]2O[C@@H](n3ccc(=O)[nH]c3=O)[C@H](O)[C@@H]2O)OP(=O)(O)O)O[C@H](CO)[C@H](O)[C@@H]1O. The van der Waals surface area contributed by atoms with E-state index in [2.05, 4.69) is 4.31 Å². The molecule has 1 unspecified atom stereocenters. The molecule has 0 spiro atoms. The molecule has 0 bridgehead atoms. The third-order valence-electron chi connectivity index (χ3n) is 5.83. The monoisotopic (exact) mass is 606 g/mol. The summed E-state index contributed by atoms with van der Waals surface area (Å²) in [4.78, 5) is 55.4. The molecule has 2 fully saturated rings. The zero-order valence-electron chi connectivity index (χ0n) is 20.0. The van der Waals surface area contributed by atoms with E-state index in [-0.39, 0.29) is 0 Å². The fraction of sp³-hybridized carbons (Fsp3) is 0.722. The highest BCUT2D eigenvalue weighted by molar-refractivity contribution is 7.61. The summed E-state index contributed by atoms with van der Waals surface area (Å²) in [7, 11) is -11.1. The number of H-pyrrole nitrogens is 1. The maximum absolute atomic E-state index is 13.3. The van der Waals surface area contributed by atoms with E-state index in [0.29, 0.717) is 0 Å². The fourth-order valence-corrected chi connectivity index (χ4v) is 6.25. The number of carbonyl (C=O) groups is 1. The second-order valence-electron chi connectivity index (χ2n) is 8.76. The summed E-state index contributed by atoms with van der Waals surface area (Å²) in [6.45, 7) is -0.825. The molecule has 21 heteroatoms. The molecule has 1 aromatic heterocycles. The van der Waals surface area contributed by atoms with Crippen molar-refractivity contribution < 1.29 is 72.1 Å². The van der Waals surface area contributed by atoms with E-state index < -0.39 is 107 Å². The maximum atomic E-state index is 13.3. The van der Waals surface area contributed by atoms with Gasteiger partial charge >= 0.3 is 21.3 Å². The average Bonchev–Trinajstić information content (AvgIpc) is 3.09. The molecule has 222 valence electrons. The summed E-state index contributed by atoms with van der Waals surface area (Å²) in [5.41, 5.74) is -1.77. The summed E-state index contributed by atoms with van der Waals surface area (Å²) < 4.78 is 50.3. The van der Waals surface area contributed by atoms with E-state index in [1.807, 2.05) is 4.98 Å². The van der Waals surface area contributed by atoms with Crippen LogP contribution in [0.5, 0.6) is 0 Å². The fourth-order valence-electron chi connectivity index (χ4n) is 4.01. The van der Waals surface area contributed by atoms with Gasteiger partial charge < -0.3 is 49.6 Å². The van der Waals surface area contributed by atoms with Gasteiger partial charge in [-0.15, -0.1) is 0 Å². The van der Waals surface area contributed by atoms with Gasteiger partial charge in [-0.25, -0.2) is 13.9 Å². The standard InChI is InChI=1S/C18H28N2O17P2/c1-7(22)4-8-12(24)13(25)9(5-21)35-17(8)36-39(32,37-38(29,30)31)33-6-10-14(26)15(27)16(34-10)20-3-2-11(23)19-18(20)28/h2-3,8-10,12-17,21,24-27H,4-6H2,1H3,(H,19,23,28)(H2,29,30,31)/t8-,9-,10-,12-,13+,14-,15-,16-,17-,39?/m1/s1. The van der Waals surface area contributed by atoms with Crippen molar-refractivity contribution in [1.29, 1.82) is 0 Å². The van der Waals surface area contributed by atoms with Crippen LogP contribution in [0.4, 0.5) is 0 Å². The van der Waals surface area contributed by atoms with Gasteiger partial charge in [0.1, 0.15) is 36.3 Å². The topological polar surface area (TPSA) is 294 Å². The molecule has 8 N–H and O–H groups in total. The zero-order chi connectivity index (χ0) is 29.3. The largest absolute Gasteiger partial charge is 0.486 e. The first-order valence-corrected chi connectivity index (χ1v) is 14.2. The molecule has 2 saturated heterocycles. The second kappa shape index (κ2) is 12.5. The van der Waals surface area contributed by atoms with Crippen LogP contribution in [0.3, 0.4) is 0 Å². The van der Waals surface area contributed by atoms with Crippen molar-refractivity contribution >= 4 is 21.4 Å². The number of ketones is 1. The average molecular weight is 606 g/mol. The maximum Gasteiger partial charge on any atom is 0.486 e. The van der Waals surface area contributed by atoms with Gasteiger partial charge in [0, 0.05) is 24.6 Å². The first kappa shape index (κ1) is 31.9. The number of hydrogen-bond donors (Lipinski definition) is 8. The van der Waals surface area contributed by atoms with Crippen molar-refractivity contribution in [1.82, 2.24) is 9.55 Å². The van der Waals surface area contributed by atoms with Crippen LogP contribution in [0.25, 0.3) is 0 Å². The second-order valence-corrected chi connectivity index (χ2v) is 11.8. The number of aromatic amines is 1. The Hall–Kier alpha value is -1.67. The number of Topliss-reactive ketones (excluding diaryl/α,β-unsaturated/α-hetero) is 1. The van der Waals surface area contributed by atoms with Crippen LogP contribution in [0.2, 0.25) is 0 Å². The number of nitrogens with zero attached hydrogens (tertiary/aromatic N) is 1. The number of phosphoric ester groups is 1. The van der Waals surface area contributed by atoms with Gasteiger partial charge in [-0.2, -0.15) is 4.31 Å². The van der Waals surface area contributed by atoms with E-state index in [1.54, 1.807) is 0 Å². The summed E-state index contributed by atoms with van der Waals surface area (Å²) >= 11 is 0. The molecule has 0 radical (unpaired) electrons. The normalized spacial score (nSPS) is 35.0. The van der Waals surface area contributed by atoms with Gasteiger partial charge in [0.2, 0.25) is 0 Å². The number of rotatable bonds is 11. The molecule has 2 aliphatic heterocycles. The number of ether oxygens (including phenoxy) is 2. The van der Waals surface area contributed by atoms with E-state index in [9.17, 15) is 58.8 Å². The predicted molar refractivity (Wildman–Crippen MR) is 122 cm³/mol. The van der Waals surface area contributed by atoms with Gasteiger partial charge in [0.15, 0.2) is 12.5 Å². The van der Waals surface area contributed by atoms with Crippen molar-refractivity contribution in [3.05, 3.63) is 33.1 Å². The minimum Gasteiger partial charge on any atom is -0.394 e. The summed E-state index contributed by atoms with van der Waals surface area (Å²) in [6.07, 6.45) is -13.4. The third kappa shape index (κ3) is 7.75. The first-order valence-electron chi connectivity index (χ1n) is 11.2. The van der Waals surface area contributed by atoms with E-state index in [4.69, 9.17) is 18.5 Å². The van der Waals surface area contributed by atoms with Gasteiger partial charge in [0.25, 0.3) is 5.56 Å². The molecule has 1 aromatic rings. The lowest BCUT2D eigenvalue weighted by Crippen LogP contribution is -2.56. The van der Waals surface area contributed by atoms with Crippen molar-refractivity contribution in [2.45, 2.75) is 62.5 Å². The minimum absolute atomic E-state index is 0.538. The Balaban J connectivity index is 1.83. The Kier molecular flexibility index (Phi) is 10.2. The van der Waals surface area contributed by atoms with Crippen molar-refractivity contribution in [2.75, 3.05) is 13.2 Å². The van der Waals surface area contributed by atoms with Gasteiger partial charge in [-0.1, -0.05) is 0 Å². The molecule has 0 amide bonds. The molecular weight excluding hydrogens is 578 g/mol. The smallest absolute Gasteiger partial charge is 0.394 e. The van der Waals surface area contributed by atoms with Crippen molar-refractivity contribution in [3.8, 4) is 0 Å². The minimum atomic E-state index is -5.64. The lowest BCUT2D eigenvalue weighted by molar-refractivity contribution is -0.264. The van der Waals surface area contributed by atoms with Gasteiger partial charge in [-0.05, 0) is 6.92 Å². The zero-order valence-corrected chi connectivity index (χ0v) is 21.8. The molecule has 0 saturated carbocycles. The molecule has 3 rings (SSSR count). The number of hydrogen-bond acceptors (Lipinski definition) is 15. The lowest BCUT2D eigenvalue weighted by Gasteiger charge is -2.42. The highest BCUT2D eigenvalue weighted by atomic mass is 31.3. The third-order valence-corrected chi connectivity index (χ3v) is 8.41. The van der Waals surface area contributed by atoms with Crippen LogP contribution in [0, 0.1) is 5.92 Å². The molecule has 19 nitrogen and oxygen atoms in total. The van der Waals surface area contributed by atoms with Crippen LogP contribution in [-0.2, 0) is 36.8 Å². The van der Waals surface area contributed by atoms with E-state index >= 15 is 0 Å². The number of nitrogens with one attached hydrogen (secondary N) is 1. The Bertz CT molecular complexity index is 1230. The highest BCUT2D eigenvalue weighted by Crippen LogP contribution is 2.63. The molecular formula is C18H28N2O17P2. The van der Waals surface area contributed by atoms with E-state index in [0.717, 1.165) is 23.8 Å². The number of phosphoric acid groups is 2. The highest BCUT2D eigenvalue weighted by Gasteiger charge is 2.51. The quantitative estimate of drug-likeness (QED) is 0.113. The summed E-state index contributed by atoms with van der Waals surface area (Å²) in [6, 6.07) is 0.927. The lowest BCUT2D eigenvalue weighted by atomic mass is 9.87. The van der Waals surface area contributed by atoms with Crippen molar-refractivity contribution in [2.24, 2.45) is 5.92 Å². The van der Waals surface area contributed by atoms with Gasteiger partial charge in [0.05, 0.1) is 19.3 Å². The van der Waals surface area contributed by atoms with Crippen LogP contribution >= 0.6 is 15.6 Å². The molecule has 3 heterocycles. The number of aliphatic hydroxyl groups is 5. The Labute approximate surface area is 218 Å². The molecule has 10 atom stereocenters. The molecule has 0 aromatic carbocycles. The number of aromatic nitrogens is 2. The van der Waals surface area contributed by atoms with Crippen LogP contribution in [-0.4, -0.2) is 107 Å². The molecule has 2 aliphatic rings. The summed E-state index contributed by atoms with van der Waals surface area (Å²) in [5.74, 6) is -2.03. The van der Waals surface area contributed by atoms with Crippen molar-refractivity contribution in [3.63, 3.8) is 0 Å². The van der Waals surface area contributed by atoms with Crippen LogP contribution < -0.4 is 11.2 Å². The van der Waals surface area contributed by atoms with Crippen LogP contribution in [0.1, 0.15) is 19.6 Å². The summed E-state index contributed by atoms with van der Waals surface area (Å²) in [5, 5.41) is 50.6. The van der Waals surface area contributed by atoms with Crippen LogP contribution in [0.15, 0.2) is 21.9 Å².